The fourth-order valence-electron chi connectivity index (χ4n) is 3.60. The number of alkyl halides is 12. The molecule has 0 aliphatic carbocycles. The topological polar surface area (TPSA) is 152 Å². The molecule has 2 rings (SSSR count). The van der Waals surface area contributed by atoms with Gasteiger partial charge in [-0.2, -0.15) is 63.2 Å². The molecule has 0 atom stereocenters. The van der Waals surface area contributed by atoms with Crippen LogP contribution in [0.2, 0.25) is 0 Å². The Labute approximate surface area is 293 Å². The zero-order valence-corrected chi connectivity index (χ0v) is 29.3. The van der Waals surface area contributed by atoms with E-state index in [2.05, 4.69) is 16.0 Å². The van der Waals surface area contributed by atoms with Crippen LogP contribution in [0.15, 0.2) is 57.1 Å². The summed E-state index contributed by atoms with van der Waals surface area (Å²) in [5, 5.41) is 24.4. The predicted octanol–water partition coefficient (Wildman–Crippen LogP) is 8.11. The van der Waals surface area contributed by atoms with Crippen molar-refractivity contribution in [1.29, 1.82) is 10.5 Å². The monoisotopic (exact) mass is 819 g/mol. The standard InChI is InChI=1S/C15H15F6N3O2S.C13H10F6N2O2S2/c1-8(2)23-13(12(7-22)27(3,25)26)24-11-5-9(14(16,17)18)4-10(6-11)15(19,20)21;1-24-11(10(6-20)25(2,22)23)21-9-4-7(12(14,15)16)3-8(5-9)13(17,18)19/h4-6,8,23-24H,1-3H3;3-5,21H,1-2H3/b13-12-;11-10+. The van der Waals surface area contributed by atoms with Gasteiger partial charge in [0.2, 0.25) is 0 Å². The Bertz CT molecular complexity index is 1940. The Kier molecular flexibility index (Phi) is 14.6. The van der Waals surface area contributed by atoms with Gasteiger partial charge >= 0.3 is 24.7 Å². The summed E-state index contributed by atoms with van der Waals surface area (Å²) in [6.07, 6.45) is -17.5. The van der Waals surface area contributed by atoms with Gasteiger partial charge in [0.15, 0.2) is 29.5 Å². The summed E-state index contributed by atoms with van der Waals surface area (Å²) in [5.41, 5.74) is -7.63. The highest BCUT2D eigenvalue weighted by Gasteiger charge is 2.38. The van der Waals surface area contributed by atoms with Crippen molar-refractivity contribution in [3.63, 3.8) is 0 Å². The van der Waals surface area contributed by atoms with Crippen LogP contribution in [0.25, 0.3) is 0 Å². The molecule has 0 saturated heterocycles. The minimum absolute atomic E-state index is 0.0601. The molecule has 0 fully saturated rings. The molecule has 0 aliphatic rings. The average Bonchev–Trinajstić information content (AvgIpc) is 2.93. The molecule has 24 heteroatoms. The van der Waals surface area contributed by atoms with E-state index in [0.29, 0.717) is 48.5 Å². The van der Waals surface area contributed by atoms with Crippen LogP contribution in [0.5, 0.6) is 0 Å². The number of allylic oxidation sites excluding steroid dienone is 2. The summed E-state index contributed by atoms with van der Waals surface area (Å²) >= 11 is 0.655. The van der Waals surface area contributed by atoms with E-state index in [9.17, 15) is 69.5 Å². The molecule has 0 saturated carbocycles. The summed E-state index contributed by atoms with van der Waals surface area (Å²) in [7, 11) is -8.14. The molecule has 0 amide bonds. The summed E-state index contributed by atoms with van der Waals surface area (Å²) in [6.45, 7) is 3.07. The van der Waals surface area contributed by atoms with Crippen molar-refractivity contribution in [2.45, 2.75) is 44.6 Å². The van der Waals surface area contributed by atoms with Crippen molar-refractivity contribution in [2.24, 2.45) is 0 Å². The van der Waals surface area contributed by atoms with E-state index in [1.54, 1.807) is 0 Å². The third kappa shape index (κ3) is 13.7. The van der Waals surface area contributed by atoms with Gasteiger partial charge in [-0.1, -0.05) is 0 Å². The quantitative estimate of drug-likeness (QED) is 0.167. The number of nitrogens with one attached hydrogen (secondary N) is 3. The van der Waals surface area contributed by atoms with Crippen molar-refractivity contribution in [1.82, 2.24) is 5.32 Å². The Hall–Kier alpha value is -4.29. The Morgan fingerprint density at radius 1 is 0.615 bits per heavy atom. The van der Waals surface area contributed by atoms with Gasteiger partial charge < -0.3 is 16.0 Å². The van der Waals surface area contributed by atoms with E-state index in [4.69, 9.17) is 10.5 Å². The minimum Gasteiger partial charge on any atom is -0.368 e. The second-order valence-electron chi connectivity index (χ2n) is 10.5. The second-order valence-corrected chi connectivity index (χ2v) is 15.2. The van der Waals surface area contributed by atoms with Crippen LogP contribution in [0.3, 0.4) is 0 Å². The molecule has 0 aromatic heterocycles. The van der Waals surface area contributed by atoms with Crippen LogP contribution >= 0.6 is 11.8 Å². The van der Waals surface area contributed by atoms with Gasteiger partial charge in [-0.25, -0.2) is 16.8 Å². The molecular formula is C28H25F12N5O4S3. The maximum atomic E-state index is 12.9. The fourth-order valence-corrected chi connectivity index (χ4v) is 5.96. The molecule has 9 nitrogen and oxygen atoms in total. The number of nitrogens with zero attached hydrogens (tertiary/aromatic N) is 2. The number of hydrogen-bond acceptors (Lipinski definition) is 10. The van der Waals surface area contributed by atoms with Gasteiger partial charge in [-0.3, -0.25) is 0 Å². The van der Waals surface area contributed by atoms with Crippen LogP contribution < -0.4 is 16.0 Å². The molecular weight excluding hydrogens is 795 g/mol. The Morgan fingerprint density at radius 2 is 0.923 bits per heavy atom. The van der Waals surface area contributed by atoms with Gasteiger partial charge in [0.1, 0.15) is 23.0 Å². The van der Waals surface area contributed by atoms with Crippen molar-refractivity contribution in [3.05, 3.63) is 79.3 Å². The lowest BCUT2D eigenvalue weighted by Crippen LogP contribution is -2.29. The van der Waals surface area contributed by atoms with Crippen LogP contribution in [0.4, 0.5) is 64.1 Å². The van der Waals surface area contributed by atoms with Crippen LogP contribution in [-0.2, 0) is 44.4 Å². The third-order valence-electron chi connectivity index (χ3n) is 5.72. The maximum absolute atomic E-state index is 12.9. The van der Waals surface area contributed by atoms with Gasteiger partial charge in [0, 0.05) is 29.9 Å². The highest BCUT2D eigenvalue weighted by molar-refractivity contribution is 8.04. The predicted molar refractivity (Wildman–Crippen MR) is 167 cm³/mol. The lowest BCUT2D eigenvalue weighted by Gasteiger charge is -2.20. The summed E-state index contributed by atoms with van der Waals surface area (Å²) < 4.78 is 201. The molecule has 0 bridgehead atoms. The molecule has 0 spiro atoms. The smallest absolute Gasteiger partial charge is 0.368 e. The Balaban J connectivity index is 0.000000522. The maximum Gasteiger partial charge on any atom is 0.416 e. The lowest BCUT2D eigenvalue weighted by molar-refractivity contribution is -0.144. The van der Waals surface area contributed by atoms with E-state index in [-0.39, 0.29) is 12.1 Å². The molecule has 288 valence electrons. The molecule has 2 aromatic carbocycles. The van der Waals surface area contributed by atoms with Crippen molar-refractivity contribution in [3.8, 4) is 12.1 Å². The zero-order valence-electron chi connectivity index (χ0n) is 26.8. The number of nitriles is 2. The fraction of sp³-hybridized carbons (Fsp3) is 0.357. The van der Waals surface area contributed by atoms with Crippen molar-refractivity contribution < 1.29 is 69.5 Å². The lowest BCUT2D eigenvalue weighted by atomic mass is 10.1. The normalized spacial score (nSPS) is 13.8. The SMILES string of the molecule is CC(C)N/C(Nc1cc(C(F)(F)F)cc(C(F)(F)F)c1)=C(\C#N)S(C)(=O)=O.CS/C(Nc1cc(C(F)(F)F)cc(C(F)(F)F)c1)=C(\C#N)S(C)(=O)=O. The summed E-state index contributed by atoms with van der Waals surface area (Å²) in [6, 6.07) is 3.69. The minimum atomic E-state index is -5.07. The van der Waals surface area contributed by atoms with Crippen molar-refractivity contribution >= 4 is 42.8 Å². The number of benzene rings is 2. The van der Waals surface area contributed by atoms with E-state index in [1.165, 1.54) is 32.2 Å². The van der Waals surface area contributed by atoms with Gasteiger partial charge in [0.05, 0.1) is 22.3 Å². The van der Waals surface area contributed by atoms with Crippen molar-refractivity contribution in [2.75, 3.05) is 29.4 Å². The van der Waals surface area contributed by atoms with Crippen LogP contribution in [0.1, 0.15) is 36.1 Å². The van der Waals surface area contributed by atoms with Gasteiger partial charge in [0.25, 0.3) is 0 Å². The van der Waals surface area contributed by atoms with Gasteiger partial charge in [-0.15, -0.1) is 11.8 Å². The molecule has 3 N–H and O–H groups in total. The Morgan fingerprint density at radius 3 is 1.15 bits per heavy atom. The second kappa shape index (κ2) is 16.6. The zero-order chi connectivity index (χ0) is 40.8. The number of sulfone groups is 2. The highest BCUT2D eigenvalue weighted by atomic mass is 32.2. The van der Waals surface area contributed by atoms with E-state index < -0.39 is 105 Å². The first kappa shape index (κ1) is 45.7. The molecule has 0 radical (unpaired) electrons. The summed E-state index contributed by atoms with van der Waals surface area (Å²) in [4.78, 5) is -1.66. The van der Waals surface area contributed by atoms with E-state index >= 15 is 0 Å². The number of thioether (sulfide) groups is 1. The molecule has 52 heavy (non-hydrogen) atoms. The number of hydrogen-bond donors (Lipinski definition) is 3. The number of rotatable bonds is 9. The molecule has 0 unspecified atom stereocenters. The first-order valence-corrected chi connectivity index (χ1v) is 18.4. The van der Waals surface area contributed by atoms with E-state index in [1.807, 2.05) is 0 Å². The van der Waals surface area contributed by atoms with E-state index in [0.717, 1.165) is 0 Å². The third-order valence-corrected chi connectivity index (χ3v) is 8.64. The number of anilines is 2. The summed E-state index contributed by atoms with van der Waals surface area (Å²) in [5.74, 6) is -0.526. The molecule has 2 aromatic rings. The van der Waals surface area contributed by atoms with Crippen LogP contribution in [0, 0.1) is 22.7 Å². The van der Waals surface area contributed by atoms with Gasteiger partial charge in [-0.05, 0) is 56.5 Å². The first-order valence-electron chi connectivity index (χ1n) is 13.4. The largest absolute Gasteiger partial charge is 0.416 e. The first-order chi connectivity index (χ1) is 23.2. The average molecular weight is 820 g/mol. The number of halogens is 12. The molecule has 0 aliphatic heterocycles. The van der Waals surface area contributed by atoms with Crippen LogP contribution in [-0.4, -0.2) is 41.6 Å². The molecule has 0 heterocycles. The highest BCUT2D eigenvalue weighted by Crippen LogP contribution is 2.39.